The molecule has 0 unspecified atom stereocenters. The predicted molar refractivity (Wildman–Crippen MR) is 132 cm³/mol. The summed E-state index contributed by atoms with van der Waals surface area (Å²) in [6.45, 7) is 4.18. The van der Waals surface area contributed by atoms with Gasteiger partial charge in [0.05, 0.1) is 0 Å². The minimum Gasteiger partial charge on any atom is -0.508 e. The summed E-state index contributed by atoms with van der Waals surface area (Å²) in [5, 5.41) is 10.0. The first-order valence-electron chi connectivity index (χ1n) is 11.6. The molecule has 0 saturated carbocycles. The topological polar surface area (TPSA) is 32.7 Å². The van der Waals surface area contributed by atoms with Crippen molar-refractivity contribution in [2.24, 2.45) is 0 Å². The van der Waals surface area contributed by atoms with Crippen molar-refractivity contribution < 1.29 is 9.84 Å². The molecule has 0 bridgehead atoms. The van der Waals surface area contributed by atoms with Crippen LogP contribution in [-0.2, 0) is 6.42 Å². The van der Waals surface area contributed by atoms with Gasteiger partial charge in [-0.25, -0.2) is 0 Å². The van der Waals surface area contributed by atoms with Gasteiger partial charge in [-0.1, -0.05) is 48.5 Å². The fourth-order valence-electron chi connectivity index (χ4n) is 5.35. The molecule has 1 heterocycles. The molecule has 5 rings (SSSR count). The molecular formula is C28H32ClNO2. The fraction of sp³-hybridized carbons (Fsp3) is 0.357. The van der Waals surface area contributed by atoms with E-state index in [4.69, 9.17) is 4.74 Å². The molecule has 0 radical (unpaired) electrons. The van der Waals surface area contributed by atoms with Gasteiger partial charge in [0, 0.05) is 12.5 Å². The first kappa shape index (κ1) is 22.7. The smallest absolute Gasteiger partial charge is 0.119 e. The molecule has 2 aliphatic rings. The second kappa shape index (κ2) is 10.4. The number of rotatable bonds is 6. The normalized spacial score (nSPS) is 20.4. The van der Waals surface area contributed by atoms with Crippen LogP contribution in [0.5, 0.6) is 11.5 Å². The van der Waals surface area contributed by atoms with Gasteiger partial charge in [0.15, 0.2) is 0 Å². The number of fused-ring (bicyclic) bond motifs is 1. The van der Waals surface area contributed by atoms with Crippen LogP contribution in [0.4, 0.5) is 0 Å². The van der Waals surface area contributed by atoms with Gasteiger partial charge in [0.1, 0.15) is 18.1 Å². The Balaban J connectivity index is 0.00000245. The van der Waals surface area contributed by atoms with E-state index in [0.29, 0.717) is 11.7 Å². The molecule has 0 aromatic heterocycles. The molecule has 4 heteroatoms. The first-order valence-corrected chi connectivity index (χ1v) is 11.6. The maximum absolute atomic E-state index is 10.0. The van der Waals surface area contributed by atoms with Crippen LogP contribution in [-0.4, -0.2) is 36.2 Å². The Hall–Kier alpha value is -2.49. The van der Waals surface area contributed by atoms with Crippen LogP contribution in [0.15, 0.2) is 72.8 Å². The number of halogens is 1. The molecule has 2 atom stereocenters. The van der Waals surface area contributed by atoms with E-state index in [1.54, 1.807) is 0 Å². The standard InChI is InChI=1S/C28H31NO2.ClH/c30-24-11-15-27-23(20-24)10-14-26(21-6-2-1-3-7-21)28(27)22-8-12-25(13-9-22)31-19-18-29-16-4-5-17-29;/h1-3,6-9,11-13,15,20,26,28,30H,4-5,10,14,16-19H2;1H/t26-,28+;/m0./s1. The van der Waals surface area contributed by atoms with E-state index >= 15 is 0 Å². The number of benzene rings is 3. The van der Waals surface area contributed by atoms with Gasteiger partial charge in [-0.05, 0) is 91.2 Å². The highest BCUT2D eigenvalue weighted by atomic mass is 35.5. The summed E-state index contributed by atoms with van der Waals surface area (Å²) >= 11 is 0. The number of nitrogens with zero attached hydrogens (tertiary/aromatic N) is 1. The average Bonchev–Trinajstić information content (AvgIpc) is 3.33. The van der Waals surface area contributed by atoms with Gasteiger partial charge < -0.3 is 9.84 Å². The minimum absolute atomic E-state index is 0. The van der Waals surface area contributed by atoms with Crippen molar-refractivity contribution in [2.45, 2.75) is 37.5 Å². The van der Waals surface area contributed by atoms with Gasteiger partial charge in [-0.2, -0.15) is 0 Å². The van der Waals surface area contributed by atoms with E-state index in [9.17, 15) is 5.11 Å². The van der Waals surface area contributed by atoms with Crippen LogP contribution in [0.25, 0.3) is 0 Å². The molecule has 0 spiro atoms. The fourth-order valence-corrected chi connectivity index (χ4v) is 5.35. The number of hydrogen-bond donors (Lipinski definition) is 1. The molecule has 1 saturated heterocycles. The van der Waals surface area contributed by atoms with Gasteiger partial charge in [-0.15, -0.1) is 12.4 Å². The Kier molecular flexibility index (Phi) is 7.39. The summed E-state index contributed by atoms with van der Waals surface area (Å²) in [6, 6.07) is 25.4. The van der Waals surface area contributed by atoms with E-state index in [0.717, 1.165) is 31.7 Å². The van der Waals surface area contributed by atoms with Crippen LogP contribution >= 0.6 is 12.4 Å². The van der Waals surface area contributed by atoms with Crippen LogP contribution in [0.2, 0.25) is 0 Å². The zero-order valence-electron chi connectivity index (χ0n) is 18.5. The van der Waals surface area contributed by atoms with E-state index in [1.807, 2.05) is 12.1 Å². The average molecular weight is 450 g/mol. The maximum Gasteiger partial charge on any atom is 0.119 e. The second-order valence-corrected chi connectivity index (χ2v) is 8.88. The summed E-state index contributed by atoms with van der Waals surface area (Å²) in [5.74, 6) is 2.02. The zero-order valence-corrected chi connectivity index (χ0v) is 19.3. The third kappa shape index (κ3) is 4.95. The molecule has 3 aromatic rings. The summed E-state index contributed by atoms with van der Waals surface area (Å²) < 4.78 is 6.03. The third-order valence-corrected chi connectivity index (χ3v) is 6.93. The summed E-state index contributed by atoms with van der Waals surface area (Å²) in [7, 11) is 0. The van der Waals surface area contributed by atoms with E-state index in [-0.39, 0.29) is 18.3 Å². The molecule has 1 N–H and O–H groups in total. The molecule has 0 amide bonds. The third-order valence-electron chi connectivity index (χ3n) is 6.93. The molecule has 1 fully saturated rings. The monoisotopic (exact) mass is 449 g/mol. The number of phenolic OH excluding ortho intramolecular Hbond substituents is 1. The summed E-state index contributed by atoms with van der Waals surface area (Å²) in [4.78, 5) is 2.48. The maximum atomic E-state index is 10.0. The van der Waals surface area contributed by atoms with Gasteiger partial charge in [-0.3, -0.25) is 4.90 Å². The highest BCUT2D eigenvalue weighted by Gasteiger charge is 2.32. The number of likely N-dealkylation sites (tertiary alicyclic amines) is 1. The van der Waals surface area contributed by atoms with Gasteiger partial charge in [0.2, 0.25) is 0 Å². The number of phenols is 1. The lowest BCUT2D eigenvalue weighted by molar-refractivity contribution is 0.237. The van der Waals surface area contributed by atoms with Crippen LogP contribution < -0.4 is 4.74 Å². The van der Waals surface area contributed by atoms with Crippen molar-refractivity contribution in [3.8, 4) is 11.5 Å². The number of aromatic hydroxyl groups is 1. The Morgan fingerprint density at radius 3 is 2.38 bits per heavy atom. The Bertz CT molecular complexity index is 1000. The molecule has 32 heavy (non-hydrogen) atoms. The number of ether oxygens (including phenoxy) is 1. The highest BCUT2D eigenvalue weighted by molar-refractivity contribution is 5.85. The second-order valence-electron chi connectivity index (χ2n) is 8.88. The molecular weight excluding hydrogens is 418 g/mol. The quantitative estimate of drug-likeness (QED) is 0.489. The predicted octanol–water partition coefficient (Wildman–Crippen LogP) is 6.15. The molecule has 168 valence electrons. The van der Waals surface area contributed by atoms with Crippen molar-refractivity contribution >= 4 is 12.4 Å². The van der Waals surface area contributed by atoms with Crippen LogP contribution in [0.1, 0.15) is 53.4 Å². The largest absolute Gasteiger partial charge is 0.508 e. The Labute approximate surface area is 197 Å². The zero-order chi connectivity index (χ0) is 21.0. The van der Waals surface area contributed by atoms with E-state index < -0.39 is 0 Å². The Morgan fingerprint density at radius 1 is 0.875 bits per heavy atom. The summed E-state index contributed by atoms with van der Waals surface area (Å²) in [6.07, 6.45) is 4.71. The lowest BCUT2D eigenvalue weighted by Gasteiger charge is -2.35. The van der Waals surface area contributed by atoms with Gasteiger partial charge >= 0.3 is 0 Å². The van der Waals surface area contributed by atoms with Crippen molar-refractivity contribution in [3.63, 3.8) is 0 Å². The Morgan fingerprint density at radius 2 is 1.62 bits per heavy atom. The number of aryl methyl sites for hydroxylation is 1. The molecule has 1 aliphatic carbocycles. The summed E-state index contributed by atoms with van der Waals surface area (Å²) in [5.41, 5.74) is 5.30. The molecule has 3 nitrogen and oxygen atoms in total. The highest BCUT2D eigenvalue weighted by Crippen LogP contribution is 2.47. The van der Waals surface area contributed by atoms with Crippen LogP contribution in [0.3, 0.4) is 0 Å². The van der Waals surface area contributed by atoms with E-state index in [2.05, 4.69) is 65.6 Å². The SMILES string of the molecule is Cl.Oc1ccc2c(c1)CC[C@@H](c1ccccc1)[C@H]2c1ccc(OCCN2CCCC2)cc1. The number of hydrogen-bond acceptors (Lipinski definition) is 3. The lowest BCUT2D eigenvalue weighted by atomic mass is 9.69. The van der Waals surface area contributed by atoms with Gasteiger partial charge in [0.25, 0.3) is 0 Å². The van der Waals surface area contributed by atoms with Crippen molar-refractivity contribution in [2.75, 3.05) is 26.2 Å². The van der Waals surface area contributed by atoms with Crippen LogP contribution in [0, 0.1) is 0 Å². The first-order chi connectivity index (χ1) is 15.3. The van der Waals surface area contributed by atoms with E-state index in [1.165, 1.54) is 48.2 Å². The van der Waals surface area contributed by atoms with Crippen molar-refractivity contribution in [1.29, 1.82) is 0 Å². The lowest BCUT2D eigenvalue weighted by Crippen LogP contribution is -2.25. The minimum atomic E-state index is 0. The van der Waals surface area contributed by atoms with Crippen molar-refractivity contribution in [1.82, 2.24) is 4.90 Å². The molecule has 1 aliphatic heterocycles. The van der Waals surface area contributed by atoms with Crippen molar-refractivity contribution in [3.05, 3.63) is 95.1 Å². The molecule has 3 aromatic carbocycles.